The van der Waals surface area contributed by atoms with Crippen molar-refractivity contribution in [2.24, 2.45) is 10.9 Å². The summed E-state index contributed by atoms with van der Waals surface area (Å²) in [5.41, 5.74) is 6.34. The van der Waals surface area contributed by atoms with Gasteiger partial charge in [-0.05, 0) is 50.9 Å². The average molecular weight is 337 g/mol. The van der Waals surface area contributed by atoms with Gasteiger partial charge in [-0.3, -0.25) is 0 Å². The molecule has 1 aromatic carbocycles. The van der Waals surface area contributed by atoms with Crippen LogP contribution in [0.5, 0.6) is 0 Å². The Labute approximate surface area is 105 Å². The highest BCUT2D eigenvalue weighted by molar-refractivity contribution is 9.11. The van der Waals surface area contributed by atoms with Crippen LogP contribution in [0, 0.1) is 0 Å². The molecule has 4 nitrogen and oxygen atoms in total. The van der Waals surface area contributed by atoms with Crippen molar-refractivity contribution in [3.05, 3.63) is 27.1 Å². The number of nitrogens with one attached hydrogen (secondary N) is 1. The number of nitrogens with two attached hydrogens (primary N) is 1. The maximum Gasteiger partial charge on any atom is 0.161 e. The molecule has 0 radical (unpaired) electrons. The van der Waals surface area contributed by atoms with Gasteiger partial charge in [0, 0.05) is 8.95 Å². The number of nitrogens with zero attached hydrogens (tertiary/aromatic N) is 1. The number of hydrogen-bond acceptors (Lipinski definition) is 3. The molecule has 0 heterocycles. The zero-order chi connectivity index (χ0) is 11.4. The third kappa shape index (κ3) is 3.10. The molecule has 0 aliphatic rings. The molecule has 0 aromatic heterocycles. The highest BCUT2D eigenvalue weighted by atomic mass is 79.9. The highest BCUT2D eigenvalue weighted by Gasteiger charge is 2.11. The van der Waals surface area contributed by atoms with Gasteiger partial charge in [0.2, 0.25) is 0 Å². The predicted octanol–water partition coefficient (Wildman–Crippen LogP) is 2.76. The maximum absolute atomic E-state index is 8.52. The van der Waals surface area contributed by atoms with E-state index in [1.165, 1.54) is 0 Å². The summed E-state index contributed by atoms with van der Waals surface area (Å²) in [5, 5.41) is 14.6. The molecule has 0 aliphatic carbocycles. The van der Waals surface area contributed by atoms with Crippen LogP contribution in [-0.4, -0.2) is 17.1 Å². The van der Waals surface area contributed by atoms with Crippen molar-refractivity contribution < 1.29 is 5.21 Å². The van der Waals surface area contributed by atoms with E-state index in [1.54, 1.807) is 6.92 Å². The number of hydrogen-bond donors (Lipinski definition) is 3. The maximum atomic E-state index is 8.52. The molecule has 0 saturated heterocycles. The van der Waals surface area contributed by atoms with Crippen molar-refractivity contribution in [2.45, 2.75) is 13.0 Å². The van der Waals surface area contributed by atoms with Gasteiger partial charge in [0.25, 0.3) is 0 Å². The molecule has 0 amide bonds. The van der Waals surface area contributed by atoms with E-state index < -0.39 is 0 Å². The lowest BCUT2D eigenvalue weighted by atomic mass is 10.2. The number of anilines is 1. The second kappa shape index (κ2) is 5.37. The van der Waals surface area contributed by atoms with Gasteiger partial charge in [0.15, 0.2) is 5.84 Å². The van der Waals surface area contributed by atoms with Gasteiger partial charge < -0.3 is 16.3 Å². The van der Waals surface area contributed by atoms with Gasteiger partial charge in [-0.15, -0.1) is 0 Å². The van der Waals surface area contributed by atoms with Crippen molar-refractivity contribution in [3.8, 4) is 0 Å². The first kappa shape index (κ1) is 12.3. The van der Waals surface area contributed by atoms with Gasteiger partial charge in [0.05, 0.1) is 11.7 Å². The van der Waals surface area contributed by atoms with Gasteiger partial charge in [-0.25, -0.2) is 0 Å². The summed E-state index contributed by atoms with van der Waals surface area (Å²) in [4.78, 5) is 0. The van der Waals surface area contributed by atoms with Crippen LogP contribution in [-0.2, 0) is 0 Å². The highest BCUT2D eigenvalue weighted by Crippen LogP contribution is 2.30. The van der Waals surface area contributed by atoms with E-state index in [-0.39, 0.29) is 11.9 Å². The topological polar surface area (TPSA) is 70.6 Å². The SMILES string of the molecule is CC(Nc1c(Br)cccc1Br)/C(N)=N/O. The Morgan fingerprint density at radius 3 is 2.47 bits per heavy atom. The molecule has 15 heavy (non-hydrogen) atoms. The fraction of sp³-hybridized carbons (Fsp3) is 0.222. The van der Waals surface area contributed by atoms with Crippen molar-refractivity contribution in [1.82, 2.24) is 0 Å². The third-order valence-corrected chi connectivity index (χ3v) is 3.20. The minimum Gasteiger partial charge on any atom is -0.409 e. The minimum atomic E-state index is -0.245. The molecule has 82 valence electrons. The van der Waals surface area contributed by atoms with Crippen LogP contribution in [0.4, 0.5) is 5.69 Å². The summed E-state index contributed by atoms with van der Waals surface area (Å²) in [6.45, 7) is 1.81. The smallest absolute Gasteiger partial charge is 0.161 e. The van der Waals surface area contributed by atoms with Crippen LogP contribution in [0.1, 0.15) is 6.92 Å². The molecule has 1 aromatic rings. The zero-order valence-electron chi connectivity index (χ0n) is 8.04. The average Bonchev–Trinajstić information content (AvgIpc) is 2.22. The number of rotatable bonds is 3. The van der Waals surface area contributed by atoms with Gasteiger partial charge in [-0.1, -0.05) is 11.2 Å². The van der Waals surface area contributed by atoms with Crippen molar-refractivity contribution in [1.29, 1.82) is 0 Å². The number of oxime groups is 1. The number of benzene rings is 1. The lowest BCUT2D eigenvalue weighted by Crippen LogP contribution is -2.33. The first-order valence-corrected chi connectivity index (χ1v) is 5.82. The molecule has 1 atom stereocenters. The molecule has 0 saturated carbocycles. The van der Waals surface area contributed by atoms with E-state index in [0.29, 0.717) is 0 Å². The molecule has 1 unspecified atom stereocenters. The Bertz CT molecular complexity index is 361. The van der Waals surface area contributed by atoms with Gasteiger partial charge >= 0.3 is 0 Å². The lowest BCUT2D eigenvalue weighted by molar-refractivity contribution is 0.316. The third-order valence-electron chi connectivity index (χ3n) is 1.88. The first-order chi connectivity index (χ1) is 7.06. The quantitative estimate of drug-likeness (QED) is 0.344. The largest absolute Gasteiger partial charge is 0.409 e. The molecule has 0 fully saturated rings. The normalized spacial score (nSPS) is 13.7. The van der Waals surface area contributed by atoms with E-state index in [0.717, 1.165) is 14.6 Å². The molecule has 0 aliphatic heterocycles. The molecule has 0 spiro atoms. The monoisotopic (exact) mass is 335 g/mol. The summed E-state index contributed by atoms with van der Waals surface area (Å²) in [7, 11) is 0. The second-order valence-electron chi connectivity index (χ2n) is 2.99. The second-order valence-corrected chi connectivity index (χ2v) is 4.70. The number of amidine groups is 1. The van der Waals surface area contributed by atoms with Gasteiger partial charge in [-0.2, -0.15) is 0 Å². The Kier molecular flexibility index (Phi) is 4.41. The van der Waals surface area contributed by atoms with E-state index in [1.807, 2.05) is 18.2 Å². The van der Waals surface area contributed by atoms with Gasteiger partial charge in [0.1, 0.15) is 0 Å². The van der Waals surface area contributed by atoms with Crippen LogP contribution in [0.3, 0.4) is 0 Å². The molecule has 0 bridgehead atoms. The van der Waals surface area contributed by atoms with Crippen LogP contribution in [0.25, 0.3) is 0 Å². The first-order valence-electron chi connectivity index (χ1n) is 4.24. The summed E-state index contributed by atoms with van der Waals surface area (Å²) < 4.78 is 1.82. The summed E-state index contributed by atoms with van der Waals surface area (Å²) in [6, 6.07) is 5.48. The van der Waals surface area contributed by atoms with Crippen molar-refractivity contribution in [2.75, 3.05) is 5.32 Å². The van der Waals surface area contributed by atoms with Crippen molar-refractivity contribution >= 4 is 43.4 Å². The van der Waals surface area contributed by atoms with Crippen molar-refractivity contribution in [3.63, 3.8) is 0 Å². The van der Waals surface area contributed by atoms with E-state index in [2.05, 4.69) is 42.3 Å². The molecular formula is C9H11Br2N3O. The minimum absolute atomic E-state index is 0.137. The fourth-order valence-corrected chi connectivity index (χ4v) is 2.24. The standard InChI is InChI=1S/C9H11Br2N3O/c1-5(9(12)14-15)13-8-6(10)3-2-4-7(8)11/h2-5,13,15H,1H3,(H2,12,14). The Morgan fingerprint density at radius 2 is 2.00 bits per heavy atom. The Morgan fingerprint density at radius 1 is 1.47 bits per heavy atom. The summed E-state index contributed by atoms with van der Waals surface area (Å²) >= 11 is 6.82. The van der Waals surface area contributed by atoms with Crippen LogP contribution >= 0.6 is 31.9 Å². The molecule has 6 heteroatoms. The van der Waals surface area contributed by atoms with Crippen LogP contribution in [0.2, 0.25) is 0 Å². The number of para-hydroxylation sites is 1. The van der Waals surface area contributed by atoms with Crippen LogP contribution < -0.4 is 11.1 Å². The fourth-order valence-electron chi connectivity index (χ4n) is 1.01. The Hall–Kier alpha value is -0.750. The molecule has 1 rings (SSSR count). The molecular weight excluding hydrogens is 326 g/mol. The Balaban J connectivity index is 2.90. The predicted molar refractivity (Wildman–Crippen MR) is 68.3 cm³/mol. The summed E-state index contributed by atoms with van der Waals surface area (Å²) in [5.74, 6) is 0.137. The van der Waals surface area contributed by atoms with E-state index in [9.17, 15) is 0 Å². The lowest BCUT2D eigenvalue weighted by Gasteiger charge is -2.16. The zero-order valence-corrected chi connectivity index (χ0v) is 11.2. The number of halogens is 2. The van der Waals surface area contributed by atoms with E-state index in [4.69, 9.17) is 10.9 Å². The van der Waals surface area contributed by atoms with Crippen LogP contribution in [0.15, 0.2) is 32.3 Å². The molecule has 4 N–H and O–H groups in total. The summed E-state index contributed by atoms with van der Waals surface area (Å²) in [6.07, 6.45) is 0. The van der Waals surface area contributed by atoms with E-state index >= 15 is 0 Å².